The Kier molecular flexibility index (Phi) is 3.96. The van der Waals surface area contributed by atoms with Crippen molar-refractivity contribution < 1.29 is 9.47 Å². The van der Waals surface area contributed by atoms with Gasteiger partial charge in [-0.3, -0.25) is 0 Å². The molecule has 0 aliphatic heterocycles. The second kappa shape index (κ2) is 5.02. The highest BCUT2D eigenvalue weighted by molar-refractivity contribution is 7.80. The van der Waals surface area contributed by atoms with Crippen molar-refractivity contribution in [3.63, 3.8) is 0 Å². The zero-order valence-corrected chi connectivity index (χ0v) is 8.80. The van der Waals surface area contributed by atoms with Crippen LogP contribution < -0.4 is 9.47 Å². The molecular formula is C10H14O2S. The third kappa shape index (κ3) is 2.31. The SMILES string of the molecule is COc1cccc(OC)c1CCS. The van der Waals surface area contributed by atoms with Gasteiger partial charge in [-0.2, -0.15) is 12.6 Å². The number of ether oxygens (including phenoxy) is 2. The molecule has 0 N–H and O–H groups in total. The smallest absolute Gasteiger partial charge is 0.125 e. The van der Waals surface area contributed by atoms with Crippen molar-refractivity contribution in [2.24, 2.45) is 0 Å². The summed E-state index contributed by atoms with van der Waals surface area (Å²) < 4.78 is 10.5. The second-order valence-electron chi connectivity index (χ2n) is 2.61. The maximum Gasteiger partial charge on any atom is 0.125 e. The summed E-state index contributed by atoms with van der Waals surface area (Å²) in [5.74, 6) is 2.53. The molecule has 13 heavy (non-hydrogen) atoms. The van der Waals surface area contributed by atoms with Gasteiger partial charge in [0.05, 0.1) is 14.2 Å². The summed E-state index contributed by atoms with van der Waals surface area (Å²) >= 11 is 4.19. The van der Waals surface area contributed by atoms with E-state index in [0.29, 0.717) is 0 Å². The summed E-state index contributed by atoms with van der Waals surface area (Å²) in [6.45, 7) is 0. The minimum Gasteiger partial charge on any atom is -0.496 e. The molecule has 72 valence electrons. The summed E-state index contributed by atoms with van der Waals surface area (Å²) in [4.78, 5) is 0. The first-order valence-corrected chi connectivity index (χ1v) is 4.77. The average molecular weight is 198 g/mol. The Morgan fingerprint density at radius 1 is 1.15 bits per heavy atom. The maximum atomic E-state index is 5.23. The first-order valence-electron chi connectivity index (χ1n) is 4.14. The Morgan fingerprint density at radius 3 is 2.08 bits per heavy atom. The molecule has 1 rings (SSSR count). The van der Waals surface area contributed by atoms with Gasteiger partial charge in [0.1, 0.15) is 11.5 Å². The molecule has 0 heterocycles. The molecule has 0 spiro atoms. The summed E-state index contributed by atoms with van der Waals surface area (Å²) in [6.07, 6.45) is 0.857. The number of hydrogen-bond donors (Lipinski definition) is 1. The van der Waals surface area contributed by atoms with Gasteiger partial charge >= 0.3 is 0 Å². The predicted octanol–water partition coefficient (Wildman–Crippen LogP) is 2.18. The first-order chi connectivity index (χ1) is 6.33. The highest BCUT2D eigenvalue weighted by Crippen LogP contribution is 2.28. The number of rotatable bonds is 4. The maximum absolute atomic E-state index is 5.23. The van der Waals surface area contributed by atoms with Crippen LogP contribution in [0.1, 0.15) is 5.56 Å². The minimum atomic E-state index is 0.788. The van der Waals surface area contributed by atoms with Gasteiger partial charge in [-0.25, -0.2) is 0 Å². The minimum absolute atomic E-state index is 0.788. The van der Waals surface area contributed by atoms with Gasteiger partial charge in [0.25, 0.3) is 0 Å². The Labute approximate surface area is 84.3 Å². The Bertz CT molecular complexity index is 251. The van der Waals surface area contributed by atoms with E-state index in [1.807, 2.05) is 18.2 Å². The van der Waals surface area contributed by atoms with Gasteiger partial charge in [-0.05, 0) is 24.3 Å². The summed E-state index contributed by atoms with van der Waals surface area (Å²) in [5, 5.41) is 0. The quantitative estimate of drug-likeness (QED) is 0.747. The number of thiol groups is 1. The lowest BCUT2D eigenvalue weighted by Gasteiger charge is -2.11. The van der Waals surface area contributed by atoms with Crippen LogP contribution in [0.5, 0.6) is 11.5 Å². The molecular weight excluding hydrogens is 184 g/mol. The molecule has 1 aromatic rings. The largest absolute Gasteiger partial charge is 0.496 e. The van der Waals surface area contributed by atoms with Gasteiger partial charge in [-0.1, -0.05) is 6.07 Å². The summed E-state index contributed by atoms with van der Waals surface area (Å²) in [5.41, 5.74) is 1.09. The van der Waals surface area contributed by atoms with Crippen LogP contribution in [0.4, 0.5) is 0 Å². The lowest BCUT2D eigenvalue weighted by atomic mass is 10.1. The van der Waals surface area contributed by atoms with Crippen LogP contribution in [-0.2, 0) is 6.42 Å². The molecule has 0 unspecified atom stereocenters. The molecule has 1 aromatic carbocycles. The monoisotopic (exact) mass is 198 g/mol. The normalized spacial score (nSPS) is 9.77. The molecule has 0 amide bonds. The van der Waals surface area contributed by atoms with E-state index in [-0.39, 0.29) is 0 Å². The second-order valence-corrected chi connectivity index (χ2v) is 3.06. The number of benzene rings is 1. The van der Waals surface area contributed by atoms with Crippen molar-refractivity contribution in [1.82, 2.24) is 0 Å². The lowest BCUT2D eigenvalue weighted by Crippen LogP contribution is -1.97. The summed E-state index contributed by atoms with van der Waals surface area (Å²) in [7, 11) is 3.33. The molecule has 0 aliphatic rings. The average Bonchev–Trinajstić information content (AvgIpc) is 2.18. The van der Waals surface area contributed by atoms with Crippen molar-refractivity contribution in [3.05, 3.63) is 23.8 Å². The Balaban J connectivity index is 3.05. The molecule has 0 aliphatic carbocycles. The lowest BCUT2D eigenvalue weighted by molar-refractivity contribution is 0.386. The third-order valence-corrected chi connectivity index (χ3v) is 2.12. The fourth-order valence-corrected chi connectivity index (χ4v) is 1.51. The highest BCUT2D eigenvalue weighted by atomic mass is 32.1. The van der Waals surface area contributed by atoms with E-state index in [2.05, 4.69) is 12.6 Å². The molecule has 0 radical (unpaired) electrons. The van der Waals surface area contributed by atoms with Crippen LogP contribution in [0.2, 0.25) is 0 Å². The van der Waals surface area contributed by atoms with Crippen LogP contribution in [0.15, 0.2) is 18.2 Å². The Hall–Kier alpha value is -0.830. The molecule has 0 bridgehead atoms. The van der Waals surface area contributed by atoms with Crippen LogP contribution in [0, 0.1) is 0 Å². The molecule has 0 aromatic heterocycles. The Morgan fingerprint density at radius 2 is 1.69 bits per heavy atom. The first kappa shape index (κ1) is 10.3. The predicted molar refractivity (Wildman–Crippen MR) is 57.1 cm³/mol. The zero-order valence-electron chi connectivity index (χ0n) is 7.91. The van der Waals surface area contributed by atoms with Crippen molar-refractivity contribution in [2.45, 2.75) is 6.42 Å². The zero-order chi connectivity index (χ0) is 9.68. The van der Waals surface area contributed by atoms with E-state index < -0.39 is 0 Å². The van der Waals surface area contributed by atoms with E-state index in [1.165, 1.54) is 0 Å². The van der Waals surface area contributed by atoms with Crippen LogP contribution >= 0.6 is 12.6 Å². The van der Waals surface area contributed by atoms with E-state index in [0.717, 1.165) is 29.2 Å². The molecule has 3 heteroatoms. The van der Waals surface area contributed by atoms with E-state index in [4.69, 9.17) is 9.47 Å². The fourth-order valence-electron chi connectivity index (χ4n) is 1.29. The number of methoxy groups -OCH3 is 2. The van der Waals surface area contributed by atoms with Crippen LogP contribution in [0.25, 0.3) is 0 Å². The van der Waals surface area contributed by atoms with Gasteiger partial charge < -0.3 is 9.47 Å². The molecule has 2 nitrogen and oxygen atoms in total. The van der Waals surface area contributed by atoms with Crippen molar-refractivity contribution >= 4 is 12.6 Å². The molecule has 0 saturated carbocycles. The van der Waals surface area contributed by atoms with Crippen LogP contribution in [0.3, 0.4) is 0 Å². The number of hydrogen-bond acceptors (Lipinski definition) is 3. The third-order valence-electron chi connectivity index (χ3n) is 1.89. The topological polar surface area (TPSA) is 18.5 Å². The summed E-state index contributed by atoms with van der Waals surface area (Å²) in [6, 6.07) is 5.78. The highest BCUT2D eigenvalue weighted by Gasteiger charge is 2.07. The fraction of sp³-hybridized carbons (Fsp3) is 0.400. The van der Waals surface area contributed by atoms with E-state index in [9.17, 15) is 0 Å². The van der Waals surface area contributed by atoms with Gasteiger partial charge in [0, 0.05) is 5.56 Å². The van der Waals surface area contributed by atoms with E-state index in [1.54, 1.807) is 14.2 Å². The van der Waals surface area contributed by atoms with Gasteiger partial charge in [-0.15, -0.1) is 0 Å². The van der Waals surface area contributed by atoms with Gasteiger partial charge in [0.15, 0.2) is 0 Å². The van der Waals surface area contributed by atoms with Crippen molar-refractivity contribution in [2.75, 3.05) is 20.0 Å². The molecule has 0 saturated heterocycles. The van der Waals surface area contributed by atoms with Crippen molar-refractivity contribution in [3.8, 4) is 11.5 Å². The van der Waals surface area contributed by atoms with E-state index >= 15 is 0 Å². The molecule has 0 fully saturated rings. The van der Waals surface area contributed by atoms with Gasteiger partial charge in [0.2, 0.25) is 0 Å². The van der Waals surface area contributed by atoms with Crippen molar-refractivity contribution in [1.29, 1.82) is 0 Å². The van der Waals surface area contributed by atoms with Crippen LogP contribution in [-0.4, -0.2) is 20.0 Å². The standard InChI is InChI=1S/C10H14O2S/c1-11-9-4-3-5-10(12-2)8(9)6-7-13/h3-5,13H,6-7H2,1-2H3. The molecule has 0 atom stereocenters.